The van der Waals surface area contributed by atoms with E-state index in [0.717, 1.165) is 38.3 Å². The molecule has 0 saturated heterocycles. The lowest BCUT2D eigenvalue weighted by molar-refractivity contribution is -0.140. The molecule has 1 aliphatic carbocycles. The molecule has 1 aromatic carbocycles. The quantitative estimate of drug-likeness (QED) is 0.759. The van der Waals surface area contributed by atoms with E-state index in [0.29, 0.717) is 10.7 Å². The minimum atomic E-state index is -4.57. The molecule has 8 heteroatoms. The average molecular weight is 372 g/mol. The molecule has 1 aromatic heterocycles. The summed E-state index contributed by atoms with van der Waals surface area (Å²) in [7, 11) is 0. The van der Waals surface area contributed by atoms with E-state index < -0.39 is 17.6 Å². The SMILES string of the molecule is FC(F)(F)c1cnc(Nc2cccc(Cl)c2)nc1OC1CCCCC1. The van der Waals surface area contributed by atoms with Crippen molar-refractivity contribution in [2.24, 2.45) is 0 Å². The zero-order valence-corrected chi connectivity index (χ0v) is 14.1. The van der Waals surface area contributed by atoms with Gasteiger partial charge >= 0.3 is 6.18 Å². The van der Waals surface area contributed by atoms with Crippen LogP contribution in [0.1, 0.15) is 37.7 Å². The number of halogens is 4. The van der Waals surface area contributed by atoms with Crippen molar-refractivity contribution in [1.29, 1.82) is 0 Å². The molecule has 0 bridgehead atoms. The molecular formula is C17H17ClF3N3O. The fourth-order valence-corrected chi connectivity index (χ4v) is 2.94. The number of aromatic nitrogens is 2. The molecular weight excluding hydrogens is 355 g/mol. The summed E-state index contributed by atoms with van der Waals surface area (Å²) < 4.78 is 45.2. The minimum absolute atomic E-state index is 0.0288. The third-order valence-electron chi connectivity index (χ3n) is 3.97. The van der Waals surface area contributed by atoms with Crippen LogP contribution in [0.5, 0.6) is 5.88 Å². The number of ether oxygens (including phenoxy) is 1. The number of alkyl halides is 3. The fraction of sp³-hybridized carbons (Fsp3) is 0.412. The number of hydrogen-bond acceptors (Lipinski definition) is 4. The van der Waals surface area contributed by atoms with Crippen molar-refractivity contribution in [3.8, 4) is 5.88 Å². The summed E-state index contributed by atoms with van der Waals surface area (Å²) in [6, 6.07) is 6.75. The summed E-state index contributed by atoms with van der Waals surface area (Å²) in [6.45, 7) is 0. The van der Waals surface area contributed by atoms with E-state index in [1.54, 1.807) is 24.3 Å². The first-order valence-corrected chi connectivity index (χ1v) is 8.43. The average Bonchev–Trinajstić information content (AvgIpc) is 2.55. The van der Waals surface area contributed by atoms with Gasteiger partial charge in [-0.15, -0.1) is 0 Å². The van der Waals surface area contributed by atoms with Crippen molar-refractivity contribution in [2.45, 2.75) is 44.4 Å². The van der Waals surface area contributed by atoms with Gasteiger partial charge in [0, 0.05) is 16.9 Å². The number of rotatable bonds is 4. The van der Waals surface area contributed by atoms with Crippen LogP contribution in [0, 0.1) is 0 Å². The van der Waals surface area contributed by atoms with Crippen molar-refractivity contribution in [2.75, 3.05) is 5.32 Å². The van der Waals surface area contributed by atoms with Crippen LogP contribution in [0.2, 0.25) is 5.02 Å². The van der Waals surface area contributed by atoms with Gasteiger partial charge in [-0.25, -0.2) is 4.98 Å². The van der Waals surface area contributed by atoms with Crippen LogP contribution in [0.3, 0.4) is 0 Å². The Hall–Kier alpha value is -2.02. The van der Waals surface area contributed by atoms with Crippen LogP contribution in [0.4, 0.5) is 24.8 Å². The summed E-state index contributed by atoms with van der Waals surface area (Å²) in [5.41, 5.74) is -0.384. The molecule has 0 radical (unpaired) electrons. The highest BCUT2D eigenvalue weighted by Crippen LogP contribution is 2.36. The fourth-order valence-electron chi connectivity index (χ4n) is 2.75. The highest BCUT2D eigenvalue weighted by molar-refractivity contribution is 6.30. The van der Waals surface area contributed by atoms with Crippen LogP contribution in [0.15, 0.2) is 30.5 Å². The summed E-state index contributed by atoms with van der Waals surface area (Å²) in [5.74, 6) is -0.403. The van der Waals surface area contributed by atoms with Crippen molar-refractivity contribution in [3.05, 3.63) is 41.0 Å². The predicted molar refractivity (Wildman–Crippen MR) is 89.3 cm³/mol. The Labute approximate surface area is 148 Å². The van der Waals surface area contributed by atoms with Gasteiger partial charge in [0.1, 0.15) is 11.7 Å². The molecule has 1 heterocycles. The number of nitrogens with zero attached hydrogens (tertiary/aromatic N) is 2. The third-order valence-corrected chi connectivity index (χ3v) is 4.21. The lowest BCUT2D eigenvalue weighted by atomic mass is 9.98. The molecule has 0 spiro atoms. The van der Waals surface area contributed by atoms with E-state index in [-0.39, 0.29) is 12.1 Å². The van der Waals surface area contributed by atoms with Gasteiger partial charge in [0.2, 0.25) is 11.8 Å². The summed E-state index contributed by atoms with van der Waals surface area (Å²) >= 11 is 5.90. The molecule has 2 aromatic rings. The Morgan fingerprint density at radius 1 is 1.16 bits per heavy atom. The molecule has 0 unspecified atom stereocenters. The standard InChI is InChI=1S/C17H17ClF3N3O/c18-11-5-4-6-12(9-11)23-16-22-10-14(17(19,20)21)15(24-16)25-13-7-2-1-3-8-13/h4-6,9-10,13H,1-3,7-8H2,(H,22,23,24). The smallest absolute Gasteiger partial charge is 0.423 e. The Morgan fingerprint density at radius 3 is 2.60 bits per heavy atom. The lowest BCUT2D eigenvalue weighted by Crippen LogP contribution is -2.22. The maximum atomic E-state index is 13.2. The second-order valence-electron chi connectivity index (χ2n) is 5.92. The molecule has 0 amide bonds. The first-order valence-electron chi connectivity index (χ1n) is 8.05. The molecule has 1 fully saturated rings. The zero-order valence-electron chi connectivity index (χ0n) is 13.3. The van der Waals surface area contributed by atoms with E-state index in [4.69, 9.17) is 16.3 Å². The normalized spacial score (nSPS) is 15.8. The van der Waals surface area contributed by atoms with E-state index in [1.165, 1.54) is 0 Å². The van der Waals surface area contributed by atoms with Gasteiger partial charge in [0.15, 0.2) is 0 Å². The molecule has 0 aliphatic heterocycles. The highest BCUT2D eigenvalue weighted by atomic mass is 35.5. The zero-order chi connectivity index (χ0) is 17.9. The lowest BCUT2D eigenvalue weighted by Gasteiger charge is -2.24. The van der Waals surface area contributed by atoms with Crippen LogP contribution in [-0.2, 0) is 6.18 Å². The Bertz CT molecular complexity index is 733. The summed E-state index contributed by atoms with van der Waals surface area (Å²) in [5, 5.41) is 3.34. The molecule has 0 atom stereocenters. The van der Waals surface area contributed by atoms with E-state index >= 15 is 0 Å². The van der Waals surface area contributed by atoms with Gasteiger partial charge in [-0.05, 0) is 43.9 Å². The van der Waals surface area contributed by atoms with Crippen molar-refractivity contribution >= 4 is 23.2 Å². The molecule has 1 N–H and O–H groups in total. The third kappa shape index (κ3) is 4.75. The second-order valence-corrected chi connectivity index (χ2v) is 6.36. The number of benzene rings is 1. The van der Waals surface area contributed by atoms with Gasteiger partial charge in [-0.1, -0.05) is 24.1 Å². The van der Waals surface area contributed by atoms with Crippen LogP contribution < -0.4 is 10.1 Å². The largest absolute Gasteiger partial charge is 0.474 e. The maximum absolute atomic E-state index is 13.2. The Morgan fingerprint density at radius 2 is 1.92 bits per heavy atom. The maximum Gasteiger partial charge on any atom is 0.423 e. The number of anilines is 2. The second kappa shape index (κ2) is 7.47. The first kappa shape index (κ1) is 17.8. The molecule has 3 rings (SSSR count). The predicted octanol–water partition coefficient (Wildman–Crippen LogP) is 5.60. The van der Waals surface area contributed by atoms with E-state index in [9.17, 15) is 13.2 Å². The van der Waals surface area contributed by atoms with Crippen LogP contribution >= 0.6 is 11.6 Å². The van der Waals surface area contributed by atoms with Crippen molar-refractivity contribution in [1.82, 2.24) is 9.97 Å². The van der Waals surface area contributed by atoms with Gasteiger partial charge < -0.3 is 10.1 Å². The summed E-state index contributed by atoms with van der Waals surface area (Å²) in [4.78, 5) is 7.71. The Kier molecular flexibility index (Phi) is 5.32. The molecule has 1 saturated carbocycles. The van der Waals surface area contributed by atoms with E-state index in [2.05, 4.69) is 15.3 Å². The molecule has 4 nitrogen and oxygen atoms in total. The molecule has 25 heavy (non-hydrogen) atoms. The first-order chi connectivity index (χ1) is 11.9. The van der Waals surface area contributed by atoms with E-state index in [1.807, 2.05) is 0 Å². The number of nitrogens with one attached hydrogen (secondary N) is 1. The van der Waals surface area contributed by atoms with Crippen molar-refractivity contribution < 1.29 is 17.9 Å². The van der Waals surface area contributed by atoms with Gasteiger partial charge in [0.05, 0.1) is 0 Å². The highest BCUT2D eigenvalue weighted by Gasteiger charge is 2.37. The monoisotopic (exact) mass is 371 g/mol. The van der Waals surface area contributed by atoms with Crippen LogP contribution in [-0.4, -0.2) is 16.1 Å². The minimum Gasteiger partial charge on any atom is -0.474 e. The van der Waals surface area contributed by atoms with Crippen LogP contribution in [0.25, 0.3) is 0 Å². The van der Waals surface area contributed by atoms with Gasteiger partial charge in [0.25, 0.3) is 0 Å². The Balaban J connectivity index is 1.86. The molecule has 1 aliphatic rings. The van der Waals surface area contributed by atoms with Crippen molar-refractivity contribution in [3.63, 3.8) is 0 Å². The topological polar surface area (TPSA) is 47.0 Å². The van der Waals surface area contributed by atoms with Gasteiger partial charge in [-0.2, -0.15) is 18.2 Å². The summed E-state index contributed by atoms with van der Waals surface area (Å²) in [6.07, 6.45) is 0.379. The number of hydrogen-bond donors (Lipinski definition) is 1. The van der Waals surface area contributed by atoms with Gasteiger partial charge in [-0.3, -0.25) is 0 Å². The molecule has 134 valence electrons.